The molecule has 0 N–H and O–H groups in total. The van der Waals surface area contributed by atoms with Gasteiger partial charge in [0.25, 0.3) is 0 Å². The van der Waals surface area contributed by atoms with Crippen molar-refractivity contribution in [1.29, 1.82) is 0 Å². The van der Waals surface area contributed by atoms with Crippen LogP contribution in [0.2, 0.25) is 0 Å². The van der Waals surface area contributed by atoms with Crippen LogP contribution in [0.25, 0.3) is 0 Å². The van der Waals surface area contributed by atoms with E-state index in [2.05, 4.69) is 56.1 Å². The molecule has 2 aliphatic carbocycles. The third kappa shape index (κ3) is 1.64. The molecule has 2 saturated carbocycles. The lowest BCUT2D eigenvalue weighted by atomic mass is 9.70. The number of ketones is 1. The van der Waals surface area contributed by atoms with E-state index in [1.165, 1.54) is 17.7 Å². The molecule has 0 spiro atoms. The normalized spacial score (nSPS) is 34.3. The zero-order valence-corrected chi connectivity index (χ0v) is 13.9. The van der Waals surface area contributed by atoms with E-state index in [1.807, 2.05) is 0 Å². The summed E-state index contributed by atoms with van der Waals surface area (Å²) in [5.41, 5.74) is 3.73. The fourth-order valence-corrected chi connectivity index (χ4v) is 4.94. The highest BCUT2D eigenvalue weighted by Crippen LogP contribution is 2.65. The number of Topliss-reactive ketones (excluding diaryl/α,β-unsaturated/α-hetero) is 1. The number of carbonyl (C=O) groups excluding carboxylic acids is 1. The number of hydrogen-bond donors (Lipinski definition) is 0. The van der Waals surface area contributed by atoms with Crippen molar-refractivity contribution in [2.45, 2.75) is 46.5 Å². The number of nitrogens with zero attached hydrogens (tertiary/aromatic N) is 1. The van der Waals surface area contributed by atoms with Gasteiger partial charge in [-0.2, -0.15) is 0 Å². The molecule has 0 saturated heterocycles. The molecule has 2 atom stereocenters. The Bertz CT molecular complexity index is 672. The first-order chi connectivity index (χ1) is 10.4. The third-order valence-electron chi connectivity index (χ3n) is 6.81. The van der Waals surface area contributed by atoms with Crippen molar-refractivity contribution in [2.24, 2.45) is 16.7 Å². The Morgan fingerprint density at radius 1 is 1.23 bits per heavy atom. The molecule has 0 radical (unpaired) electrons. The van der Waals surface area contributed by atoms with Gasteiger partial charge >= 0.3 is 0 Å². The van der Waals surface area contributed by atoms with Crippen molar-refractivity contribution in [3.05, 3.63) is 41.6 Å². The zero-order chi connectivity index (χ0) is 15.5. The number of aryl methyl sites for hydroxylation is 1. The summed E-state index contributed by atoms with van der Waals surface area (Å²) in [4.78, 5) is 15.3. The molecular weight excluding hydrogens is 270 g/mol. The standard InChI is InChI=1S/C20H25NO/c1-19(2)16-10-11-20(19,3)18(22)15(16)13-21-12-6-8-14-7-4-5-9-17(14)21/h4-5,7,9,13,16H,6,8,10-12H2,1-3H3/b15-13+/t16-,20+/m0/s1. The Kier molecular flexibility index (Phi) is 2.85. The molecular formula is C20H25NO. The number of rotatable bonds is 1. The van der Waals surface area contributed by atoms with Crippen LogP contribution in [0.3, 0.4) is 0 Å². The molecule has 0 aromatic heterocycles. The summed E-state index contributed by atoms with van der Waals surface area (Å²) in [6.45, 7) is 7.78. The van der Waals surface area contributed by atoms with Gasteiger partial charge in [0.1, 0.15) is 0 Å². The van der Waals surface area contributed by atoms with Crippen LogP contribution in [0.1, 0.15) is 45.6 Å². The summed E-state index contributed by atoms with van der Waals surface area (Å²) in [7, 11) is 0. The predicted molar refractivity (Wildman–Crippen MR) is 89.8 cm³/mol. The minimum absolute atomic E-state index is 0.102. The lowest BCUT2D eigenvalue weighted by Crippen LogP contribution is -2.32. The molecule has 2 heteroatoms. The van der Waals surface area contributed by atoms with E-state index in [0.717, 1.165) is 31.4 Å². The molecule has 1 aliphatic heterocycles. The number of anilines is 1. The highest BCUT2D eigenvalue weighted by molar-refractivity contribution is 6.05. The molecule has 1 heterocycles. The first kappa shape index (κ1) is 14.0. The van der Waals surface area contributed by atoms with E-state index in [-0.39, 0.29) is 10.8 Å². The van der Waals surface area contributed by atoms with Gasteiger partial charge in [-0.15, -0.1) is 0 Å². The molecule has 4 rings (SSSR count). The summed E-state index contributed by atoms with van der Waals surface area (Å²) in [6, 6.07) is 8.62. The maximum atomic E-state index is 13.0. The third-order valence-corrected chi connectivity index (χ3v) is 6.81. The van der Waals surface area contributed by atoms with E-state index < -0.39 is 0 Å². The monoisotopic (exact) mass is 295 g/mol. The quantitative estimate of drug-likeness (QED) is 0.718. The largest absolute Gasteiger partial charge is 0.347 e. The molecule has 2 nitrogen and oxygen atoms in total. The Labute approximate surface area is 133 Å². The summed E-state index contributed by atoms with van der Waals surface area (Å²) in [5, 5.41) is 0. The molecule has 2 fully saturated rings. The van der Waals surface area contributed by atoms with E-state index in [1.54, 1.807) is 0 Å². The fraction of sp³-hybridized carbons (Fsp3) is 0.550. The van der Waals surface area contributed by atoms with Gasteiger partial charge in [0.2, 0.25) is 0 Å². The second kappa shape index (κ2) is 4.47. The molecule has 2 bridgehead atoms. The maximum absolute atomic E-state index is 13.0. The number of hydrogen-bond acceptors (Lipinski definition) is 2. The number of fused-ring (bicyclic) bond motifs is 3. The highest BCUT2D eigenvalue weighted by Gasteiger charge is 2.64. The smallest absolute Gasteiger partial charge is 0.167 e. The van der Waals surface area contributed by atoms with Crippen molar-refractivity contribution in [3.63, 3.8) is 0 Å². The molecule has 116 valence electrons. The fourth-order valence-electron chi connectivity index (χ4n) is 4.94. The number of allylic oxidation sites excluding steroid dienone is 1. The molecule has 0 amide bonds. The van der Waals surface area contributed by atoms with Crippen molar-refractivity contribution in [2.75, 3.05) is 11.4 Å². The van der Waals surface area contributed by atoms with Crippen LogP contribution in [-0.4, -0.2) is 12.3 Å². The average Bonchev–Trinajstić information content (AvgIpc) is 2.82. The van der Waals surface area contributed by atoms with E-state index in [0.29, 0.717) is 11.7 Å². The van der Waals surface area contributed by atoms with E-state index in [4.69, 9.17) is 0 Å². The Morgan fingerprint density at radius 3 is 2.73 bits per heavy atom. The van der Waals surface area contributed by atoms with Gasteiger partial charge in [0, 0.05) is 29.4 Å². The molecule has 3 aliphatic rings. The predicted octanol–water partition coefficient (Wildman–Crippen LogP) is 4.35. The number of para-hydroxylation sites is 1. The Hall–Kier alpha value is -1.57. The molecule has 0 unspecified atom stereocenters. The highest BCUT2D eigenvalue weighted by atomic mass is 16.1. The number of benzene rings is 1. The average molecular weight is 295 g/mol. The summed E-state index contributed by atoms with van der Waals surface area (Å²) in [6.07, 6.45) is 6.72. The lowest BCUT2D eigenvalue weighted by Gasteiger charge is -2.31. The second-order valence-electron chi connectivity index (χ2n) is 7.98. The van der Waals surface area contributed by atoms with E-state index in [9.17, 15) is 4.79 Å². The SMILES string of the molecule is CC1(C)[C@H]2CC[C@]1(C)C(=O)/C2=C/N1CCCc2ccccc21. The second-order valence-corrected chi connectivity index (χ2v) is 7.98. The van der Waals surface area contributed by atoms with Crippen LogP contribution in [-0.2, 0) is 11.2 Å². The van der Waals surface area contributed by atoms with Gasteiger partial charge in [0.15, 0.2) is 5.78 Å². The van der Waals surface area contributed by atoms with Crippen LogP contribution in [0.4, 0.5) is 5.69 Å². The summed E-state index contributed by atoms with van der Waals surface area (Å²) >= 11 is 0. The molecule has 1 aromatic carbocycles. The molecule has 22 heavy (non-hydrogen) atoms. The van der Waals surface area contributed by atoms with Crippen molar-refractivity contribution < 1.29 is 4.79 Å². The van der Waals surface area contributed by atoms with Crippen LogP contribution in [0.15, 0.2) is 36.0 Å². The van der Waals surface area contributed by atoms with Crippen LogP contribution >= 0.6 is 0 Å². The molecule has 1 aromatic rings. The van der Waals surface area contributed by atoms with Crippen LogP contribution in [0, 0.1) is 16.7 Å². The summed E-state index contributed by atoms with van der Waals surface area (Å²) in [5.74, 6) is 0.830. The van der Waals surface area contributed by atoms with Gasteiger partial charge in [-0.3, -0.25) is 4.79 Å². The lowest BCUT2D eigenvalue weighted by molar-refractivity contribution is -0.125. The van der Waals surface area contributed by atoms with Crippen molar-refractivity contribution in [1.82, 2.24) is 0 Å². The Morgan fingerprint density at radius 2 is 2.00 bits per heavy atom. The van der Waals surface area contributed by atoms with Gasteiger partial charge in [0.05, 0.1) is 0 Å². The first-order valence-corrected chi connectivity index (χ1v) is 8.56. The van der Waals surface area contributed by atoms with Crippen LogP contribution in [0.5, 0.6) is 0 Å². The first-order valence-electron chi connectivity index (χ1n) is 8.56. The van der Waals surface area contributed by atoms with Crippen LogP contribution < -0.4 is 4.90 Å². The van der Waals surface area contributed by atoms with Gasteiger partial charge in [-0.25, -0.2) is 0 Å². The summed E-state index contributed by atoms with van der Waals surface area (Å²) < 4.78 is 0. The van der Waals surface area contributed by atoms with Gasteiger partial charge in [-0.1, -0.05) is 39.0 Å². The topological polar surface area (TPSA) is 20.3 Å². The number of carbonyl (C=O) groups is 1. The van der Waals surface area contributed by atoms with Crippen molar-refractivity contribution in [3.8, 4) is 0 Å². The van der Waals surface area contributed by atoms with E-state index >= 15 is 0 Å². The minimum Gasteiger partial charge on any atom is -0.347 e. The maximum Gasteiger partial charge on any atom is 0.167 e. The van der Waals surface area contributed by atoms with Crippen molar-refractivity contribution >= 4 is 11.5 Å². The van der Waals surface area contributed by atoms with Gasteiger partial charge in [-0.05, 0) is 48.6 Å². The zero-order valence-electron chi connectivity index (χ0n) is 13.9. The minimum atomic E-state index is -0.154. The van der Waals surface area contributed by atoms with Gasteiger partial charge < -0.3 is 4.90 Å². The Balaban J connectivity index is 1.75.